The number of methoxy groups -OCH3 is 1. The number of sulfonamides is 1. The van der Waals surface area contributed by atoms with Gasteiger partial charge in [-0.05, 0) is 31.4 Å². The Labute approximate surface area is 166 Å². The number of hydrogen-bond acceptors (Lipinski definition) is 6. The van der Waals surface area contributed by atoms with E-state index in [1.54, 1.807) is 28.5 Å². The second-order valence-electron chi connectivity index (χ2n) is 7.37. The van der Waals surface area contributed by atoms with Crippen molar-refractivity contribution >= 4 is 10.0 Å². The van der Waals surface area contributed by atoms with Gasteiger partial charge in [0, 0.05) is 57.9 Å². The number of rotatable bonds is 6. The van der Waals surface area contributed by atoms with E-state index < -0.39 is 10.0 Å². The monoisotopic (exact) mass is 405 g/mol. The first kappa shape index (κ1) is 19.5. The quantitative estimate of drug-likeness (QED) is 0.725. The maximum Gasteiger partial charge on any atom is 0.246 e. The Balaban J connectivity index is 1.42. The van der Waals surface area contributed by atoms with E-state index in [1.807, 2.05) is 19.2 Å². The fourth-order valence-electron chi connectivity index (χ4n) is 4.25. The van der Waals surface area contributed by atoms with Gasteiger partial charge >= 0.3 is 0 Å². The van der Waals surface area contributed by atoms with E-state index in [-0.39, 0.29) is 17.0 Å². The van der Waals surface area contributed by atoms with Crippen LogP contribution in [0.2, 0.25) is 0 Å². The van der Waals surface area contributed by atoms with Crippen LogP contribution >= 0.6 is 0 Å². The van der Waals surface area contributed by atoms with E-state index in [1.165, 1.54) is 6.20 Å². The van der Waals surface area contributed by atoms with E-state index in [2.05, 4.69) is 21.0 Å². The molecule has 28 heavy (non-hydrogen) atoms. The Hall–Kier alpha value is -1.81. The standard InChI is InChI=1S/C19H27N5O3S/c1-3-22-13-17(12-21-22)28(25,26)23-9-6-16(7-10-23)24-14-18(27-2)19(24)15-5-4-8-20-11-15/h4-5,8,11-13,16,18-19H,3,6-7,9-10,14H2,1-2H3. The smallest absolute Gasteiger partial charge is 0.246 e. The van der Waals surface area contributed by atoms with Crippen LogP contribution in [0.1, 0.15) is 31.4 Å². The molecule has 152 valence electrons. The van der Waals surface area contributed by atoms with Gasteiger partial charge in [0.1, 0.15) is 4.90 Å². The van der Waals surface area contributed by atoms with Crippen LogP contribution in [-0.2, 0) is 21.3 Å². The van der Waals surface area contributed by atoms with Gasteiger partial charge in [0.05, 0.1) is 18.3 Å². The minimum absolute atomic E-state index is 0.158. The predicted molar refractivity (Wildman–Crippen MR) is 104 cm³/mol. The predicted octanol–water partition coefficient (Wildman–Crippen LogP) is 1.52. The Morgan fingerprint density at radius 1 is 1.25 bits per heavy atom. The zero-order chi connectivity index (χ0) is 19.7. The summed E-state index contributed by atoms with van der Waals surface area (Å²) in [6.07, 6.45) is 8.51. The third-order valence-electron chi connectivity index (χ3n) is 5.89. The molecule has 0 radical (unpaired) electrons. The first-order chi connectivity index (χ1) is 13.5. The lowest BCUT2D eigenvalue weighted by atomic mass is 9.88. The van der Waals surface area contributed by atoms with Crippen molar-refractivity contribution < 1.29 is 13.2 Å². The molecule has 2 aromatic heterocycles. The average Bonchev–Trinajstić information content (AvgIpc) is 3.19. The summed E-state index contributed by atoms with van der Waals surface area (Å²) >= 11 is 0. The van der Waals surface area contributed by atoms with Crippen molar-refractivity contribution in [3.63, 3.8) is 0 Å². The van der Waals surface area contributed by atoms with Crippen LogP contribution in [0.5, 0.6) is 0 Å². The molecule has 2 fully saturated rings. The summed E-state index contributed by atoms with van der Waals surface area (Å²) in [5.41, 5.74) is 1.16. The van der Waals surface area contributed by atoms with Gasteiger partial charge in [0.2, 0.25) is 10.0 Å². The van der Waals surface area contributed by atoms with Gasteiger partial charge in [0.25, 0.3) is 0 Å². The van der Waals surface area contributed by atoms with Crippen LogP contribution in [0, 0.1) is 0 Å². The largest absolute Gasteiger partial charge is 0.378 e. The molecule has 0 amide bonds. The number of likely N-dealkylation sites (tertiary alicyclic amines) is 1. The van der Waals surface area contributed by atoms with Crippen LogP contribution in [-0.4, -0.2) is 71.3 Å². The second kappa shape index (κ2) is 7.90. The molecule has 2 aliphatic heterocycles. The van der Waals surface area contributed by atoms with Crippen molar-refractivity contribution in [2.45, 2.75) is 49.4 Å². The lowest BCUT2D eigenvalue weighted by molar-refractivity contribution is -0.114. The van der Waals surface area contributed by atoms with E-state index in [9.17, 15) is 8.42 Å². The van der Waals surface area contributed by atoms with E-state index in [0.29, 0.717) is 25.7 Å². The Bertz CT molecular complexity index is 893. The summed E-state index contributed by atoms with van der Waals surface area (Å²) < 4.78 is 34.7. The Morgan fingerprint density at radius 3 is 2.64 bits per heavy atom. The molecule has 0 spiro atoms. The molecular formula is C19H27N5O3S. The molecule has 0 N–H and O–H groups in total. The van der Waals surface area contributed by atoms with Crippen LogP contribution in [0.25, 0.3) is 0 Å². The second-order valence-corrected chi connectivity index (χ2v) is 9.31. The van der Waals surface area contributed by atoms with Gasteiger partial charge < -0.3 is 4.74 Å². The van der Waals surface area contributed by atoms with Gasteiger partial charge in [-0.3, -0.25) is 14.6 Å². The molecule has 9 heteroatoms. The number of piperidine rings is 1. The first-order valence-corrected chi connectivity index (χ1v) is 11.2. The zero-order valence-corrected chi connectivity index (χ0v) is 17.1. The maximum atomic E-state index is 12.9. The number of hydrogen-bond donors (Lipinski definition) is 0. The van der Waals surface area contributed by atoms with Crippen molar-refractivity contribution in [2.75, 3.05) is 26.7 Å². The highest BCUT2D eigenvalue weighted by molar-refractivity contribution is 7.89. The number of nitrogens with zero attached hydrogens (tertiary/aromatic N) is 5. The summed E-state index contributed by atoms with van der Waals surface area (Å²) in [6, 6.07) is 4.57. The molecule has 2 unspecified atom stereocenters. The highest BCUT2D eigenvalue weighted by Crippen LogP contribution is 2.39. The van der Waals surface area contributed by atoms with Gasteiger partial charge in [0.15, 0.2) is 0 Å². The van der Waals surface area contributed by atoms with Crippen molar-refractivity contribution in [3.05, 3.63) is 42.5 Å². The van der Waals surface area contributed by atoms with Gasteiger partial charge in [-0.15, -0.1) is 0 Å². The molecule has 0 bridgehead atoms. The summed E-state index contributed by atoms with van der Waals surface area (Å²) in [5, 5.41) is 4.11. The maximum absolute atomic E-state index is 12.9. The van der Waals surface area contributed by atoms with Crippen LogP contribution in [0.3, 0.4) is 0 Å². The summed E-state index contributed by atoms with van der Waals surface area (Å²) in [5.74, 6) is 0. The molecule has 0 saturated carbocycles. The Morgan fingerprint density at radius 2 is 2.04 bits per heavy atom. The molecule has 4 heterocycles. The first-order valence-electron chi connectivity index (χ1n) is 9.75. The highest BCUT2D eigenvalue weighted by atomic mass is 32.2. The van der Waals surface area contributed by atoms with Crippen molar-refractivity contribution in [2.24, 2.45) is 0 Å². The number of pyridine rings is 1. The molecule has 2 aliphatic rings. The molecule has 0 aliphatic carbocycles. The van der Waals surface area contributed by atoms with Crippen molar-refractivity contribution in [1.82, 2.24) is 24.0 Å². The number of aryl methyl sites for hydroxylation is 1. The van der Waals surface area contributed by atoms with Crippen LogP contribution in [0.15, 0.2) is 41.8 Å². The highest BCUT2D eigenvalue weighted by Gasteiger charge is 2.45. The number of aromatic nitrogens is 3. The molecule has 2 saturated heterocycles. The number of ether oxygens (including phenoxy) is 1. The minimum Gasteiger partial charge on any atom is -0.378 e. The van der Waals surface area contributed by atoms with Gasteiger partial charge in [-0.2, -0.15) is 9.40 Å². The molecule has 4 rings (SSSR count). The topological polar surface area (TPSA) is 80.6 Å². The molecule has 0 aromatic carbocycles. The van der Waals surface area contributed by atoms with Crippen molar-refractivity contribution in [1.29, 1.82) is 0 Å². The SMILES string of the molecule is CCn1cc(S(=O)(=O)N2CCC(N3CC(OC)C3c3cccnc3)CC2)cn1. The Kier molecular flexibility index (Phi) is 5.50. The van der Waals surface area contributed by atoms with Crippen LogP contribution in [0.4, 0.5) is 0 Å². The molecule has 8 nitrogen and oxygen atoms in total. The van der Waals surface area contributed by atoms with E-state index >= 15 is 0 Å². The minimum atomic E-state index is -3.47. The van der Waals surface area contributed by atoms with Gasteiger partial charge in [-0.1, -0.05) is 6.07 Å². The lowest BCUT2D eigenvalue weighted by Crippen LogP contribution is -2.60. The van der Waals surface area contributed by atoms with E-state index in [0.717, 1.165) is 24.9 Å². The van der Waals surface area contributed by atoms with E-state index in [4.69, 9.17) is 4.74 Å². The molecule has 2 aromatic rings. The fourth-order valence-corrected chi connectivity index (χ4v) is 5.67. The average molecular weight is 406 g/mol. The normalized spacial score (nSPS) is 24.9. The lowest BCUT2D eigenvalue weighted by Gasteiger charge is -2.52. The molecular weight excluding hydrogens is 378 g/mol. The third-order valence-corrected chi connectivity index (χ3v) is 7.74. The summed E-state index contributed by atoms with van der Waals surface area (Å²) in [4.78, 5) is 6.96. The zero-order valence-electron chi connectivity index (χ0n) is 16.3. The van der Waals surface area contributed by atoms with Crippen molar-refractivity contribution in [3.8, 4) is 0 Å². The fraction of sp³-hybridized carbons (Fsp3) is 0.579. The van der Waals surface area contributed by atoms with Gasteiger partial charge in [-0.25, -0.2) is 8.42 Å². The summed E-state index contributed by atoms with van der Waals surface area (Å²) in [6.45, 7) is 4.52. The van der Waals surface area contributed by atoms with Crippen LogP contribution < -0.4 is 0 Å². The third kappa shape index (κ3) is 3.47. The molecule has 2 atom stereocenters. The summed E-state index contributed by atoms with van der Waals surface area (Å²) in [7, 11) is -1.73.